The lowest BCUT2D eigenvalue weighted by Crippen LogP contribution is -2.33. The molecule has 1 rings (SSSR count). The third-order valence-corrected chi connectivity index (χ3v) is 2.18. The van der Waals surface area contributed by atoms with Crippen molar-refractivity contribution < 1.29 is 9.21 Å². The largest absolute Gasteiger partial charge is 0.469 e. The van der Waals surface area contributed by atoms with Crippen molar-refractivity contribution in [1.82, 2.24) is 5.32 Å². The average Bonchev–Trinajstić information content (AvgIpc) is 2.67. The molecule has 1 aromatic rings. The predicted octanol–water partition coefficient (Wildman–Crippen LogP) is 1.96. The van der Waals surface area contributed by atoms with E-state index in [-0.39, 0.29) is 17.8 Å². The lowest BCUT2D eigenvalue weighted by atomic mass is 10.1. The van der Waals surface area contributed by atoms with Gasteiger partial charge in [0.05, 0.1) is 6.26 Å². The zero-order valence-corrected chi connectivity index (χ0v) is 8.88. The number of furan rings is 1. The molecule has 1 heterocycles. The molecule has 1 N–H and O–H groups in total. The Labute approximate surface area is 88.4 Å². The molecular formula is C10H14ClNO2. The molecule has 1 atom stereocenters. The molecule has 0 bridgehead atoms. The van der Waals surface area contributed by atoms with E-state index in [9.17, 15) is 4.79 Å². The van der Waals surface area contributed by atoms with Crippen molar-refractivity contribution in [1.29, 1.82) is 0 Å². The summed E-state index contributed by atoms with van der Waals surface area (Å²) in [4.78, 5) is 10.9. The number of halogens is 1. The molecule has 0 aliphatic rings. The maximum absolute atomic E-state index is 10.9. The van der Waals surface area contributed by atoms with Crippen LogP contribution in [0.2, 0.25) is 0 Å². The second-order valence-electron chi connectivity index (χ2n) is 3.22. The van der Waals surface area contributed by atoms with Gasteiger partial charge in [0.2, 0.25) is 5.91 Å². The second-order valence-corrected chi connectivity index (χ2v) is 3.49. The lowest BCUT2D eigenvalue weighted by molar-refractivity contribution is -0.119. The Kier molecular flexibility index (Phi) is 4.53. The maximum Gasteiger partial charge on any atom is 0.235 e. The molecule has 0 aliphatic carbocycles. The normalized spacial score (nSPS) is 12.4. The molecule has 1 unspecified atom stereocenters. The molecule has 4 heteroatoms. The first-order valence-corrected chi connectivity index (χ1v) is 5.13. The molecule has 0 saturated carbocycles. The minimum atomic E-state index is -0.126. The maximum atomic E-state index is 10.9. The Morgan fingerprint density at radius 2 is 2.50 bits per heavy atom. The number of hydrogen-bond acceptors (Lipinski definition) is 2. The van der Waals surface area contributed by atoms with Crippen molar-refractivity contribution in [2.45, 2.75) is 25.8 Å². The molecule has 78 valence electrons. The van der Waals surface area contributed by atoms with Crippen molar-refractivity contribution in [2.75, 3.05) is 5.88 Å². The topological polar surface area (TPSA) is 42.2 Å². The van der Waals surface area contributed by atoms with Gasteiger partial charge >= 0.3 is 0 Å². The second kappa shape index (κ2) is 5.70. The van der Waals surface area contributed by atoms with Gasteiger partial charge in [0, 0.05) is 12.5 Å². The first kappa shape index (κ1) is 11.1. The highest BCUT2D eigenvalue weighted by Crippen LogP contribution is 2.05. The van der Waals surface area contributed by atoms with Gasteiger partial charge < -0.3 is 9.73 Å². The zero-order valence-electron chi connectivity index (χ0n) is 8.13. The fourth-order valence-corrected chi connectivity index (χ4v) is 1.28. The summed E-state index contributed by atoms with van der Waals surface area (Å²) in [5, 5.41) is 2.78. The number of aryl methyl sites for hydroxylation is 1. The fourth-order valence-electron chi connectivity index (χ4n) is 1.20. The molecule has 0 aromatic carbocycles. The van der Waals surface area contributed by atoms with Gasteiger partial charge in [-0.05, 0) is 25.5 Å². The SMILES string of the molecule is CC(CCc1ccco1)NC(=O)CCl. The zero-order chi connectivity index (χ0) is 10.4. The summed E-state index contributed by atoms with van der Waals surface area (Å²) in [5.74, 6) is 0.834. The summed E-state index contributed by atoms with van der Waals surface area (Å²) in [6.45, 7) is 1.95. The summed E-state index contributed by atoms with van der Waals surface area (Å²) >= 11 is 5.37. The van der Waals surface area contributed by atoms with E-state index in [0.717, 1.165) is 18.6 Å². The predicted molar refractivity (Wildman–Crippen MR) is 55.4 cm³/mol. The average molecular weight is 216 g/mol. The van der Waals surface area contributed by atoms with Crippen LogP contribution in [0, 0.1) is 0 Å². The molecule has 14 heavy (non-hydrogen) atoms. The van der Waals surface area contributed by atoms with E-state index in [1.54, 1.807) is 6.26 Å². The van der Waals surface area contributed by atoms with Crippen LogP contribution in [0.15, 0.2) is 22.8 Å². The lowest BCUT2D eigenvalue weighted by Gasteiger charge is -2.11. The third kappa shape index (κ3) is 3.83. The van der Waals surface area contributed by atoms with Crippen LogP contribution in [-0.4, -0.2) is 17.8 Å². The smallest absolute Gasteiger partial charge is 0.235 e. The van der Waals surface area contributed by atoms with Gasteiger partial charge in [-0.25, -0.2) is 0 Å². The first-order chi connectivity index (χ1) is 6.72. The molecular weight excluding hydrogens is 202 g/mol. The number of carbonyl (C=O) groups is 1. The van der Waals surface area contributed by atoms with Gasteiger partial charge in [-0.2, -0.15) is 0 Å². The molecule has 0 aliphatic heterocycles. The van der Waals surface area contributed by atoms with Crippen LogP contribution in [-0.2, 0) is 11.2 Å². The standard InChI is InChI=1S/C10H14ClNO2/c1-8(12-10(13)7-11)4-5-9-3-2-6-14-9/h2-3,6,8H,4-5,7H2,1H3,(H,12,13). The van der Waals surface area contributed by atoms with Gasteiger partial charge in [0.25, 0.3) is 0 Å². The summed E-state index contributed by atoms with van der Waals surface area (Å²) in [5.41, 5.74) is 0. The number of hydrogen-bond donors (Lipinski definition) is 1. The van der Waals surface area contributed by atoms with Gasteiger partial charge in [0.1, 0.15) is 11.6 Å². The Hall–Kier alpha value is -0.960. The van der Waals surface area contributed by atoms with Gasteiger partial charge in [-0.15, -0.1) is 11.6 Å². The van der Waals surface area contributed by atoms with Crippen LogP contribution >= 0.6 is 11.6 Å². The molecule has 0 fully saturated rings. The highest BCUT2D eigenvalue weighted by molar-refractivity contribution is 6.27. The van der Waals surface area contributed by atoms with Crippen LogP contribution in [0.25, 0.3) is 0 Å². The van der Waals surface area contributed by atoms with Crippen molar-refractivity contribution in [3.8, 4) is 0 Å². The van der Waals surface area contributed by atoms with Gasteiger partial charge in [-0.3, -0.25) is 4.79 Å². The Bertz CT molecular complexity index is 272. The quantitative estimate of drug-likeness (QED) is 0.763. The number of rotatable bonds is 5. The Morgan fingerprint density at radius 3 is 3.07 bits per heavy atom. The van der Waals surface area contributed by atoms with E-state index < -0.39 is 0 Å². The first-order valence-electron chi connectivity index (χ1n) is 4.60. The number of nitrogens with one attached hydrogen (secondary N) is 1. The molecule has 1 aromatic heterocycles. The molecule has 0 radical (unpaired) electrons. The van der Waals surface area contributed by atoms with Crippen LogP contribution in [0.1, 0.15) is 19.1 Å². The van der Waals surface area contributed by atoms with E-state index in [1.165, 1.54) is 0 Å². The highest BCUT2D eigenvalue weighted by atomic mass is 35.5. The summed E-state index contributed by atoms with van der Waals surface area (Å²) < 4.78 is 5.18. The van der Waals surface area contributed by atoms with Crippen LogP contribution < -0.4 is 5.32 Å². The van der Waals surface area contributed by atoms with E-state index >= 15 is 0 Å². The molecule has 1 amide bonds. The Balaban J connectivity index is 2.21. The van der Waals surface area contributed by atoms with Crippen molar-refractivity contribution in [3.05, 3.63) is 24.2 Å². The third-order valence-electron chi connectivity index (χ3n) is 1.93. The van der Waals surface area contributed by atoms with E-state index in [4.69, 9.17) is 16.0 Å². The molecule has 0 spiro atoms. The molecule has 0 saturated heterocycles. The van der Waals surface area contributed by atoms with Crippen LogP contribution in [0.4, 0.5) is 0 Å². The number of amides is 1. The molecule has 3 nitrogen and oxygen atoms in total. The monoisotopic (exact) mass is 215 g/mol. The minimum Gasteiger partial charge on any atom is -0.469 e. The van der Waals surface area contributed by atoms with E-state index in [1.807, 2.05) is 19.1 Å². The van der Waals surface area contributed by atoms with E-state index in [2.05, 4.69) is 5.32 Å². The highest BCUT2D eigenvalue weighted by Gasteiger charge is 2.06. The van der Waals surface area contributed by atoms with Gasteiger partial charge in [-0.1, -0.05) is 0 Å². The van der Waals surface area contributed by atoms with Crippen molar-refractivity contribution in [3.63, 3.8) is 0 Å². The summed E-state index contributed by atoms with van der Waals surface area (Å²) in [6, 6.07) is 3.92. The van der Waals surface area contributed by atoms with Crippen molar-refractivity contribution >= 4 is 17.5 Å². The minimum absolute atomic E-state index is 0.0189. The summed E-state index contributed by atoms with van der Waals surface area (Å²) in [7, 11) is 0. The number of carbonyl (C=O) groups excluding carboxylic acids is 1. The van der Waals surface area contributed by atoms with Gasteiger partial charge in [0.15, 0.2) is 0 Å². The fraction of sp³-hybridized carbons (Fsp3) is 0.500. The Morgan fingerprint density at radius 1 is 1.71 bits per heavy atom. The number of alkyl halides is 1. The summed E-state index contributed by atoms with van der Waals surface area (Å²) in [6.07, 6.45) is 3.34. The van der Waals surface area contributed by atoms with Crippen LogP contribution in [0.5, 0.6) is 0 Å². The van der Waals surface area contributed by atoms with Crippen LogP contribution in [0.3, 0.4) is 0 Å². The van der Waals surface area contributed by atoms with Crippen molar-refractivity contribution in [2.24, 2.45) is 0 Å². The van der Waals surface area contributed by atoms with E-state index in [0.29, 0.717) is 0 Å².